The van der Waals surface area contributed by atoms with Crippen LogP contribution < -0.4 is 8.85 Å². The monoisotopic (exact) mass is 692 g/mol. The van der Waals surface area contributed by atoms with Gasteiger partial charge in [-0.3, -0.25) is 4.79 Å². The molecule has 2 rings (SSSR count). The van der Waals surface area contributed by atoms with Crippen LogP contribution in [0.1, 0.15) is 71.6 Å². The van der Waals surface area contributed by atoms with E-state index in [2.05, 4.69) is 0 Å². The zero-order valence-corrected chi connectivity index (χ0v) is 24.4. The molecule has 2 saturated carbocycles. The number of nitrogens with one attached hydrogen (secondary N) is 2. The zero-order chi connectivity index (χ0) is 32.8. The lowest BCUT2D eigenvalue weighted by molar-refractivity contribution is -0.244. The third kappa shape index (κ3) is 7.12. The van der Waals surface area contributed by atoms with Gasteiger partial charge in [-0.2, -0.15) is 39.5 Å². The van der Waals surface area contributed by atoms with Crippen LogP contribution in [0, 0.1) is 11.8 Å². The number of carbonyl (C=O) groups excluding carboxylic acids is 1. The third-order valence-corrected chi connectivity index (χ3v) is 12.1. The van der Waals surface area contributed by atoms with Crippen LogP contribution in [-0.2, 0) is 39.6 Å². The predicted octanol–water partition coefficient (Wildman–Crippen LogP) is 3.96. The third-order valence-electron chi connectivity index (χ3n) is 7.26. The van der Waals surface area contributed by atoms with E-state index in [-0.39, 0.29) is 18.8 Å². The Balaban J connectivity index is 2.14. The quantitative estimate of drug-likeness (QED) is 0.244. The fourth-order valence-corrected chi connectivity index (χ4v) is 8.49. The van der Waals surface area contributed by atoms with E-state index in [1.807, 2.05) is 0 Å². The van der Waals surface area contributed by atoms with Crippen LogP contribution in [0.15, 0.2) is 0 Å². The SMILES string of the molecule is CC(C)(OC(=O)C1CCC(NS(=O)(=O)C(F)(F)C(F)(F)C(F)(F)S(=O)(=O)NS(=O)(=O)C(F)(F)F)CC1)C1CCCCC1. The van der Waals surface area contributed by atoms with Crippen LogP contribution in [0.3, 0.4) is 0 Å². The first-order chi connectivity index (χ1) is 18.6. The molecule has 2 N–H and O–H groups in total. The van der Waals surface area contributed by atoms with Gasteiger partial charge in [0.25, 0.3) is 20.0 Å². The lowest BCUT2D eigenvalue weighted by Crippen LogP contribution is -2.65. The summed E-state index contributed by atoms with van der Waals surface area (Å²) in [6, 6.07) is -1.62. The van der Waals surface area contributed by atoms with Crippen LogP contribution in [0.2, 0.25) is 0 Å². The van der Waals surface area contributed by atoms with Crippen molar-refractivity contribution in [1.29, 1.82) is 0 Å². The highest BCUT2D eigenvalue weighted by atomic mass is 32.3. The van der Waals surface area contributed by atoms with Crippen molar-refractivity contribution in [1.82, 2.24) is 8.85 Å². The van der Waals surface area contributed by atoms with Crippen molar-refractivity contribution in [3.63, 3.8) is 0 Å². The summed E-state index contributed by atoms with van der Waals surface area (Å²) in [5.41, 5.74) is -7.50. The highest BCUT2D eigenvalue weighted by Crippen LogP contribution is 2.51. The Morgan fingerprint density at radius 3 is 1.57 bits per heavy atom. The Kier molecular flexibility index (Phi) is 10.4. The molecule has 2 aliphatic carbocycles. The average Bonchev–Trinajstić information content (AvgIpc) is 2.82. The van der Waals surface area contributed by atoms with Crippen LogP contribution in [0.4, 0.5) is 39.5 Å². The average molecular weight is 693 g/mol. The van der Waals surface area contributed by atoms with Gasteiger partial charge in [-0.25, -0.2) is 30.0 Å². The maximum absolute atomic E-state index is 14.4. The summed E-state index contributed by atoms with van der Waals surface area (Å²) in [6.45, 7) is 3.43. The Morgan fingerprint density at radius 1 is 0.667 bits per heavy atom. The van der Waals surface area contributed by atoms with Crippen molar-refractivity contribution in [2.75, 3.05) is 0 Å². The summed E-state index contributed by atoms with van der Waals surface area (Å²) in [4.78, 5) is 12.7. The van der Waals surface area contributed by atoms with Crippen LogP contribution in [0.5, 0.6) is 0 Å². The fourth-order valence-electron chi connectivity index (χ4n) is 4.72. The molecule has 0 bridgehead atoms. The molecule has 22 heteroatoms. The van der Waals surface area contributed by atoms with Gasteiger partial charge in [0.05, 0.1) is 5.92 Å². The number of rotatable bonds is 11. The molecule has 10 nitrogen and oxygen atoms in total. The van der Waals surface area contributed by atoms with Gasteiger partial charge in [0.2, 0.25) is 0 Å². The van der Waals surface area contributed by atoms with Crippen molar-refractivity contribution in [3.8, 4) is 0 Å². The van der Waals surface area contributed by atoms with E-state index in [0.29, 0.717) is 0 Å². The summed E-state index contributed by atoms with van der Waals surface area (Å²) in [7, 11) is -22.1. The van der Waals surface area contributed by atoms with Gasteiger partial charge in [0, 0.05) is 6.04 Å². The van der Waals surface area contributed by atoms with Gasteiger partial charge >= 0.3 is 37.9 Å². The summed E-state index contributed by atoms with van der Waals surface area (Å²) < 4.78 is 197. The molecule has 0 spiro atoms. The molecular formula is C20H29F9N2O8S3. The summed E-state index contributed by atoms with van der Waals surface area (Å²) in [6.07, 6.45) is 3.30. The number of alkyl halides is 9. The van der Waals surface area contributed by atoms with Crippen molar-refractivity contribution >= 4 is 36.0 Å². The summed E-state index contributed by atoms with van der Waals surface area (Å²) in [5.74, 6) is -8.93. The standard InChI is InChI=1S/C20H29F9N2O8S3/c1-16(2,13-6-4-3-5-7-13)39-15(32)12-8-10-14(11-9-12)30-40(33,34)18(23,24)17(21,22)19(25,26)41(35,36)31-42(37,38)20(27,28)29/h12-14,30-31H,3-11H2,1-2H3. The highest BCUT2D eigenvalue weighted by molar-refractivity contribution is 8.05. The highest BCUT2D eigenvalue weighted by Gasteiger charge is 2.82. The van der Waals surface area contributed by atoms with Gasteiger partial charge in [-0.05, 0) is 58.3 Å². The maximum atomic E-state index is 14.4. The number of hydrogen-bond donors (Lipinski definition) is 2. The fraction of sp³-hybridized carbons (Fsp3) is 0.950. The number of sulfonamides is 3. The van der Waals surface area contributed by atoms with Crippen LogP contribution in [0.25, 0.3) is 0 Å². The Bertz CT molecular complexity index is 1320. The molecule has 248 valence electrons. The van der Waals surface area contributed by atoms with E-state index < -0.39 is 92.5 Å². The summed E-state index contributed by atoms with van der Waals surface area (Å²) in [5, 5.41) is -14.4. The van der Waals surface area contributed by atoms with E-state index in [4.69, 9.17) is 4.74 Å². The second kappa shape index (κ2) is 11.8. The minimum absolute atomic E-state index is 0.0768. The molecular weight excluding hydrogens is 663 g/mol. The topological polar surface area (TPSA) is 153 Å². The summed E-state index contributed by atoms with van der Waals surface area (Å²) >= 11 is 0. The number of carbonyl (C=O) groups is 1. The van der Waals surface area contributed by atoms with Gasteiger partial charge < -0.3 is 4.74 Å². The normalized spacial score (nSPS) is 23.0. The first-order valence-corrected chi connectivity index (χ1v) is 16.8. The minimum atomic E-state index is -7.84. The Hall–Kier alpha value is -1.39. The molecule has 0 amide bonds. The van der Waals surface area contributed by atoms with E-state index in [1.54, 1.807) is 13.8 Å². The molecule has 0 aromatic rings. The van der Waals surface area contributed by atoms with E-state index >= 15 is 0 Å². The molecule has 0 aliphatic heterocycles. The zero-order valence-electron chi connectivity index (χ0n) is 22.0. The second-order valence-electron chi connectivity index (χ2n) is 10.7. The number of hydrogen-bond acceptors (Lipinski definition) is 8. The lowest BCUT2D eigenvalue weighted by atomic mass is 9.78. The largest absolute Gasteiger partial charge is 0.512 e. The van der Waals surface area contributed by atoms with Crippen molar-refractivity contribution in [2.24, 2.45) is 11.8 Å². The number of halogens is 9. The van der Waals surface area contributed by atoms with Crippen molar-refractivity contribution < 1.29 is 74.3 Å². The molecule has 2 aliphatic rings. The van der Waals surface area contributed by atoms with Crippen LogP contribution in [-0.4, -0.2) is 64.8 Å². The van der Waals surface area contributed by atoms with Gasteiger partial charge in [0.15, 0.2) is 0 Å². The molecule has 0 heterocycles. The first kappa shape index (κ1) is 36.8. The first-order valence-electron chi connectivity index (χ1n) is 12.4. The Morgan fingerprint density at radius 2 is 1.12 bits per heavy atom. The van der Waals surface area contributed by atoms with Gasteiger partial charge in [0.1, 0.15) is 5.60 Å². The number of esters is 1. The van der Waals surface area contributed by atoms with Gasteiger partial charge in [-0.1, -0.05) is 23.4 Å². The molecule has 0 saturated heterocycles. The molecule has 0 radical (unpaired) electrons. The van der Waals surface area contributed by atoms with Crippen molar-refractivity contribution in [3.05, 3.63) is 0 Å². The smallest absolute Gasteiger partial charge is 0.459 e. The molecule has 42 heavy (non-hydrogen) atoms. The number of ether oxygens (including phenoxy) is 1. The maximum Gasteiger partial charge on any atom is 0.512 e. The molecule has 0 aromatic heterocycles. The molecule has 0 atom stereocenters. The minimum Gasteiger partial charge on any atom is -0.459 e. The van der Waals surface area contributed by atoms with Crippen LogP contribution >= 0.6 is 0 Å². The van der Waals surface area contributed by atoms with E-state index in [0.717, 1.165) is 36.8 Å². The van der Waals surface area contributed by atoms with E-state index in [1.165, 1.54) is 0 Å². The molecule has 2 fully saturated rings. The molecule has 0 unspecified atom stereocenters. The van der Waals surface area contributed by atoms with Crippen molar-refractivity contribution in [2.45, 2.75) is 105 Å². The second-order valence-corrected chi connectivity index (χ2v) is 16.1. The lowest BCUT2D eigenvalue weighted by Gasteiger charge is -2.38. The predicted molar refractivity (Wildman–Crippen MR) is 126 cm³/mol. The van der Waals surface area contributed by atoms with Gasteiger partial charge in [-0.15, -0.1) is 0 Å². The van der Waals surface area contributed by atoms with E-state index in [9.17, 15) is 69.6 Å². The Labute approximate surface area is 236 Å². The molecule has 0 aromatic carbocycles.